The zero-order valence-corrected chi connectivity index (χ0v) is 11.4. The zero-order valence-electron chi connectivity index (χ0n) is 10.6. The number of oxazole rings is 1. The molecule has 0 aliphatic rings. The molecule has 3 heterocycles. The van der Waals surface area contributed by atoms with Gasteiger partial charge in [0, 0.05) is 11.8 Å². The van der Waals surface area contributed by atoms with E-state index in [0.29, 0.717) is 28.3 Å². The van der Waals surface area contributed by atoms with Crippen molar-refractivity contribution in [2.24, 2.45) is 0 Å². The second kappa shape index (κ2) is 5.25. The first-order valence-corrected chi connectivity index (χ1v) is 6.66. The number of aldehydes is 1. The predicted molar refractivity (Wildman–Crippen MR) is 73.4 cm³/mol. The number of aryl methyl sites for hydroxylation is 1. The first-order chi connectivity index (χ1) is 9.74. The van der Waals surface area contributed by atoms with E-state index in [-0.39, 0.29) is 0 Å². The van der Waals surface area contributed by atoms with Gasteiger partial charge >= 0.3 is 0 Å². The van der Waals surface area contributed by atoms with Crippen molar-refractivity contribution in [2.45, 2.75) is 13.5 Å². The quantitative estimate of drug-likeness (QED) is 0.725. The molecule has 0 saturated heterocycles. The van der Waals surface area contributed by atoms with Gasteiger partial charge in [-0.25, -0.2) is 9.97 Å². The molecule has 8 heteroatoms. The Labute approximate surface area is 118 Å². The molecule has 0 saturated carbocycles. The molecule has 0 unspecified atom stereocenters. The first kappa shape index (κ1) is 12.5. The number of carbonyl (C=O) groups is 1. The van der Waals surface area contributed by atoms with Crippen LogP contribution in [0.5, 0.6) is 0 Å². The first-order valence-electron chi connectivity index (χ1n) is 5.85. The van der Waals surface area contributed by atoms with Crippen molar-refractivity contribution in [3.8, 4) is 0 Å². The maximum absolute atomic E-state index is 10.6. The lowest BCUT2D eigenvalue weighted by Crippen LogP contribution is -2.01. The van der Waals surface area contributed by atoms with E-state index in [1.54, 1.807) is 10.9 Å². The molecule has 0 amide bonds. The van der Waals surface area contributed by atoms with Crippen LogP contribution in [0.4, 0.5) is 10.9 Å². The number of carbonyl (C=O) groups excluding carboxylic acids is 1. The second-order valence-electron chi connectivity index (χ2n) is 4.09. The van der Waals surface area contributed by atoms with Gasteiger partial charge in [0.15, 0.2) is 17.2 Å². The Morgan fingerprint density at radius 1 is 1.50 bits per heavy atom. The minimum absolute atomic E-state index is 0.465. The fourth-order valence-electron chi connectivity index (χ4n) is 1.70. The average molecular weight is 289 g/mol. The molecular weight excluding hydrogens is 278 g/mol. The SMILES string of the molecule is Cc1cn(Cc2ncco2)nc1Nc1ncc(C=O)s1. The minimum atomic E-state index is 0.465. The molecule has 0 atom stereocenters. The molecular formula is C12H11N5O2S. The summed E-state index contributed by atoms with van der Waals surface area (Å²) in [7, 11) is 0. The fraction of sp³-hybridized carbons (Fsp3) is 0.167. The van der Waals surface area contributed by atoms with E-state index in [2.05, 4.69) is 20.4 Å². The van der Waals surface area contributed by atoms with Crippen LogP contribution in [-0.2, 0) is 6.54 Å². The van der Waals surface area contributed by atoms with Crippen molar-refractivity contribution in [3.63, 3.8) is 0 Å². The van der Waals surface area contributed by atoms with Crippen LogP contribution in [0.25, 0.3) is 0 Å². The van der Waals surface area contributed by atoms with Crippen molar-refractivity contribution < 1.29 is 9.21 Å². The number of thiazole rings is 1. The van der Waals surface area contributed by atoms with Crippen molar-refractivity contribution in [1.82, 2.24) is 19.7 Å². The van der Waals surface area contributed by atoms with Gasteiger partial charge in [-0.2, -0.15) is 5.10 Å². The summed E-state index contributed by atoms with van der Waals surface area (Å²) in [5.41, 5.74) is 0.972. The lowest BCUT2D eigenvalue weighted by molar-refractivity contribution is 0.112. The summed E-state index contributed by atoms with van der Waals surface area (Å²) in [6.45, 7) is 2.41. The Balaban J connectivity index is 1.76. The average Bonchev–Trinajstić information content (AvgIpc) is 3.14. The van der Waals surface area contributed by atoms with Crippen molar-refractivity contribution >= 4 is 28.6 Å². The van der Waals surface area contributed by atoms with Crippen LogP contribution in [0.3, 0.4) is 0 Å². The summed E-state index contributed by atoms with van der Waals surface area (Å²) in [6.07, 6.45) is 7.32. The summed E-state index contributed by atoms with van der Waals surface area (Å²) in [5, 5.41) is 8.13. The number of nitrogens with one attached hydrogen (secondary N) is 1. The summed E-state index contributed by atoms with van der Waals surface area (Å²) in [6, 6.07) is 0. The van der Waals surface area contributed by atoms with Crippen LogP contribution in [-0.4, -0.2) is 26.0 Å². The van der Waals surface area contributed by atoms with Crippen LogP contribution < -0.4 is 5.32 Å². The van der Waals surface area contributed by atoms with Gasteiger partial charge in [0.25, 0.3) is 0 Å². The van der Waals surface area contributed by atoms with Crippen molar-refractivity contribution in [3.05, 3.63) is 41.2 Å². The Bertz CT molecular complexity index is 716. The molecule has 3 aromatic heterocycles. The molecule has 7 nitrogen and oxygen atoms in total. The van der Waals surface area contributed by atoms with E-state index >= 15 is 0 Å². The van der Waals surface area contributed by atoms with E-state index < -0.39 is 0 Å². The molecule has 3 aromatic rings. The Kier molecular flexibility index (Phi) is 3.30. The maximum Gasteiger partial charge on any atom is 0.215 e. The Hall–Kier alpha value is -2.48. The van der Waals surface area contributed by atoms with E-state index in [9.17, 15) is 4.79 Å². The van der Waals surface area contributed by atoms with Crippen LogP contribution in [0.15, 0.2) is 29.3 Å². The molecule has 0 bridgehead atoms. The lowest BCUT2D eigenvalue weighted by Gasteiger charge is -1.98. The fourth-order valence-corrected chi connectivity index (χ4v) is 2.33. The topological polar surface area (TPSA) is 85.8 Å². The van der Waals surface area contributed by atoms with Gasteiger partial charge in [-0.3, -0.25) is 9.48 Å². The monoisotopic (exact) mass is 289 g/mol. The van der Waals surface area contributed by atoms with Crippen LogP contribution in [0, 0.1) is 6.92 Å². The van der Waals surface area contributed by atoms with Gasteiger partial charge < -0.3 is 9.73 Å². The van der Waals surface area contributed by atoms with Gasteiger partial charge in [0.05, 0.1) is 17.3 Å². The van der Waals surface area contributed by atoms with Gasteiger partial charge in [0.1, 0.15) is 12.8 Å². The zero-order chi connectivity index (χ0) is 13.9. The third-order valence-corrected chi connectivity index (χ3v) is 3.43. The van der Waals surface area contributed by atoms with E-state index in [1.165, 1.54) is 23.8 Å². The molecule has 1 N–H and O–H groups in total. The molecule has 0 aliphatic heterocycles. The lowest BCUT2D eigenvalue weighted by atomic mass is 10.4. The molecule has 20 heavy (non-hydrogen) atoms. The van der Waals surface area contributed by atoms with E-state index in [0.717, 1.165) is 11.8 Å². The van der Waals surface area contributed by atoms with Crippen LogP contribution >= 0.6 is 11.3 Å². The highest BCUT2D eigenvalue weighted by Gasteiger charge is 2.09. The van der Waals surface area contributed by atoms with Crippen molar-refractivity contribution in [1.29, 1.82) is 0 Å². The standard InChI is InChI=1S/C12H11N5O2S/c1-8-5-17(6-10-13-2-3-19-10)16-11(8)15-12-14-4-9(7-18)20-12/h2-5,7H,6H2,1H3,(H,14,15,16). The van der Waals surface area contributed by atoms with Gasteiger partial charge in [-0.1, -0.05) is 11.3 Å². The molecule has 0 radical (unpaired) electrons. The number of nitrogens with zero attached hydrogens (tertiary/aromatic N) is 4. The highest BCUT2D eigenvalue weighted by Crippen LogP contribution is 2.22. The van der Waals surface area contributed by atoms with Gasteiger partial charge in [-0.15, -0.1) is 0 Å². The Morgan fingerprint density at radius 2 is 2.40 bits per heavy atom. The van der Waals surface area contributed by atoms with Crippen LogP contribution in [0.1, 0.15) is 21.1 Å². The molecule has 0 aromatic carbocycles. The molecule has 0 spiro atoms. The summed E-state index contributed by atoms with van der Waals surface area (Å²) < 4.78 is 6.92. The summed E-state index contributed by atoms with van der Waals surface area (Å²) >= 11 is 1.28. The largest absolute Gasteiger partial charge is 0.447 e. The smallest absolute Gasteiger partial charge is 0.215 e. The predicted octanol–water partition coefficient (Wildman–Crippen LogP) is 2.24. The van der Waals surface area contributed by atoms with E-state index in [1.807, 2.05) is 13.1 Å². The maximum atomic E-state index is 10.6. The van der Waals surface area contributed by atoms with Crippen LogP contribution in [0.2, 0.25) is 0 Å². The number of hydrogen-bond acceptors (Lipinski definition) is 7. The molecule has 102 valence electrons. The van der Waals surface area contributed by atoms with Crippen molar-refractivity contribution in [2.75, 3.05) is 5.32 Å². The van der Waals surface area contributed by atoms with Gasteiger partial charge in [0.2, 0.25) is 5.89 Å². The molecule has 0 aliphatic carbocycles. The number of anilines is 2. The third kappa shape index (κ3) is 2.59. The number of aromatic nitrogens is 4. The normalized spacial score (nSPS) is 10.7. The number of rotatable bonds is 5. The summed E-state index contributed by atoms with van der Waals surface area (Å²) in [4.78, 5) is 19.4. The molecule has 3 rings (SSSR count). The highest BCUT2D eigenvalue weighted by molar-refractivity contribution is 7.17. The summed E-state index contributed by atoms with van der Waals surface area (Å²) in [5.74, 6) is 1.29. The molecule has 0 fully saturated rings. The second-order valence-corrected chi connectivity index (χ2v) is 5.16. The van der Waals surface area contributed by atoms with E-state index in [4.69, 9.17) is 4.42 Å². The minimum Gasteiger partial charge on any atom is -0.447 e. The van der Waals surface area contributed by atoms with Gasteiger partial charge in [-0.05, 0) is 6.92 Å². The Morgan fingerprint density at radius 3 is 3.10 bits per heavy atom. The number of hydrogen-bond donors (Lipinski definition) is 1. The third-order valence-electron chi connectivity index (χ3n) is 2.59. The highest BCUT2D eigenvalue weighted by atomic mass is 32.1.